The van der Waals surface area contributed by atoms with Crippen LogP contribution in [0.2, 0.25) is 0 Å². The van der Waals surface area contributed by atoms with Gasteiger partial charge in [0, 0.05) is 0 Å². The van der Waals surface area contributed by atoms with Crippen LogP contribution in [0.1, 0.15) is 0 Å². The van der Waals surface area contributed by atoms with Crippen molar-refractivity contribution in [3.8, 4) is 0 Å². The highest BCUT2D eigenvalue weighted by Gasteiger charge is 2.04. The predicted molar refractivity (Wildman–Crippen MR) is 15.3 cm³/mol. The van der Waals surface area contributed by atoms with Crippen LogP contribution in [0.3, 0.4) is 0 Å². The molecule has 0 unspecified atom stereocenters. The van der Waals surface area contributed by atoms with E-state index in [4.69, 9.17) is 0 Å². The van der Waals surface area contributed by atoms with E-state index in [2.05, 4.69) is 12.1 Å². The molecule has 16 valence electrons. The Balaban J connectivity index is 3.00. The van der Waals surface area contributed by atoms with Crippen LogP contribution in [0, 0.1) is 12.1 Å². The largest absolute Gasteiger partial charge is 0.426 e. The normalized spacial score (nSPS) is 6.00. The third kappa shape index (κ3) is 0.0107. The number of hydrogen-bond acceptors (Lipinski definition) is 0. The molecular weight excluding hydrogens is 48.0 g/mol. The lowest BCUT2D eigenvalue weighted by atomic mass is 10.4. The molecule has 0 aliphatic carbocycles. The average Bonchev–Trinajstić information content (AvgIpc) is 0.722. The third-order valence-electron chi connectivity index (χ3n) is 0.333. The summed E-state index contributed by atoms with van der Waals surface area (Å²) >= 11 is 0. The molecule has 0 aliphatic heterocycles. The molecular formula is C4H2+2. The number of hydrogen-bond donors (Lipinski definition) is 0. The van der Waals surface area contributed by atoms with E-state index in [0.29, 0.717) is 0 Å². The van der Waals surface area contributed by atoms with Gasteiger partial charge in [0.1, 0.15) is 0 Å². The molecule has 0 atom stereocenters. The molecule has 0 heteroatoms. The number of rotatable bonds is 0. The summed E-state index contributed by atoms with van der Waals surface area (Å²) in [6.45, 7) is 0. The Kier molecular flexibility index (Phi) is 0.143. The van der Waals surface area contributed by atoms with Gasteiger partial charge in [0.25, 0.3) is 0 Å². The fraction of sp³-hybridized carbons (Fsp3) is 0. The van der Waals surface area contributed by atoms with Crippen molar-refractivity contribution in [2.45, 2.75) is 0 Å². The molecule has 0 aliphatic rings. The Bertz CT molecular complexity index is 41.8. The summed E-state index contributed by atoms with van der Waals surface area (Å²) in [5, 5.41) is 0. The Hall–Kier alpha value is -0.700. The molecule has 1 aromatic carbocycles. The molecule has 1 rings (SSSR count). The lowest BCUT2D eigenvalue weighted by Gasteiger charge is -1.23. The lowest BCUT2D eigenvalue weighted by molar-refractivity contribution is 1.66. The van der Waals surface area contributed by atoms with Gasteiger partial charge in [0.05, 0.1) is 0 Å². The molecule has 0 N–H and O–H groups in total. The van der Waals surface area contributed by atoms with E-state index in [0.717, 1.165) is 0 Å². The van der Waals surface area contributed by atoms with Crippen molar-refractivity contribution < 1.29 is 0 Å². The van der Waals surface area contributed by atoms with Gasteiger partial charge < -0.3 is 0 Å². The van der Waals surface area contributed by atoms with Crippen LogP contribution >= 0.6 is 0 Å². The first-order chi connectivity index (χ1) is 2.00. The fourth-order valence-corrected chi connectivity index (χ4v) is 0.0833. The van der Waals surface area contributed by atoms with Gasteiger partial charge in [0.15, 0.2) is 0 Å². The second-order valence-electron chi connectivity index (χ2n) is 0.622. The zero-order chi connectivity index (χ0) is 2.83. The minimum Gasteiger partial charge on any atom is 0.380 e. The molecule has 0 saturated carbocycles. The van der Waals surface area contributed by atoms with E-state index in [1.54, 1.807) is 12.1 Å². The van der Waals surface area contributed by atoms with Gasteiger partial charge in [-0.15, -0.1) is 0 Å². The monoisotopic (exact) mass is 50.0 g/mol. The van der Waals surface area contributed by atoms with E-state index in [9.17, 15) is 0 Å². The maximum Gasteiger partial charge on any atom is 0.426 e. The highest BCUT2D eigenvalue weighted by molar-refractivity contribution is 4.93. The van der Waals surface area contributed by atoms with Crippen molar-refractivity contribution in [3.63, 3.8) is 0 Å². The molecule has 0 saturated heterocycles. The van der Waals surface area contributed by atoms with Crippen LogP contribution in [-0.4, -0.2) is 0 Å². The second-order valence-corrected chi connectivity index (χ2v) is 0.622. The first-order valence-corrected chi connectivity index (χ1v) is 1.15. The summed E-state index contributed by atoms with van der Waals surface area (Å²) < 4.78 is 0. The Morgan fingerprint density at radius 2 is 1.25 bits per heavy atom. The van der Waals surface area contributed by atoms with Crippen LogP contribution in [0.25, 0.3) is 0 Å². The molecule has 0 aromatic heterocycles. The minimum absolute atomic E-state index is 1.75. The van der Waals surface area contributed by atoms with Gasteiger partial charge in [-0.1, -0.05) is 0 Å². The first-order valence-electron chi connectivity index (χ1n) is 1.15. The standard InChI is InChI=1S/C4H2/c1-2-4-3-1/h1,4H/q+2. The zero-order valence-corrected chi connectivity index (χ0v) is 2.15. The Morgan fingerprint density at radius 1 is 1.00 bits per heavy atom. The highest BCUT2D eigenvalue weighted by atomic mass is 13.6. The maximum absolute atomic E-state index is 2.75. The minimum atomic E-state index is 1.75. The van der Waals surface area contributed by atoms with Crippen molar-refractivity contribution in [2.24, 2.45) is 0 Å². The van der Waals surface area contributed by atoms with E-state index in [1.807, 2.05) is 0 Å². The molecule has 0 bridgehead atoms. The molecule has 0 nitrogen and oxygen atoms in total. The molecule has 0 radical (unpaired) electrons. The summed E-state index contributed by atoms with van der Waals surface area (Å²) in [6.07, 6.45) is 0. The Labute approximate surface area is 25.4 Å². The molecule has 0 heterocycles. The van der Waals surface area contributed by atoms with E-state index in [-0.39, 0.29) is 0 Å². The third-order valence-corrected chi connectivity index (χ3v) is 0.333. The van der Waals surface area contributed by atoms with Crippen molar-refractivity contribution in [1.29, 1.82) is 0 Å². The van der Waals surface area contributed by atoms with Crippen molar-refractivity contribution >= 4 is 0 Å². The summed E-state index contributed by atoms with van der Waals surface area (Å²) in [4.78, 5) is 0. The first kappa shape index (κ1) is 1.60. The van der Waals surface area contributed by atoms with Gasteiger partial charge in [-0.05, 0) is 0 Å². The zero-order valence-electron chi connectivity index (χ0n) is 2.15. The molecule has 0 amide bonds. The van der Waals surface area contributed by atoms with Crippen molar-refractivity contribution in [3.05, 3.63) is 24.3 Å². The van der Waals surface area contributed by atoms with Crippen LogP contribution in [0.5, 0.6) is 0 Å². The van der Waals surface area contributed by atoms with E-state index < -0.39 is 0 Å². The summed E-state index contributed by atoms with van der Waals surface area (Å²) in [7, 11) is 0. The van der Waals surface area contributed by atoms with Crippen molar-refractivity contribution in [2.75, 3.05) is 0 Å². The van der Waals surface area contributed by atoms with Gasteiger partial charge in [-0.3, -0.25) is 0 Å². The van der Waals surface area contributed by atoms with Crippen molar-refractivity contribution in [1.82, 2.24) is 0 Å². The van der Waals surface area contributed by atoms with Gasteiger partial charge in [-0.25, -0.2) is 0 Å². The molecule has 0 spiro atoms. The van der Waals surface area contributed by atoms with Crippen LogP contribution in [0.4, 0.5) is 0 Å². The maximum atomic E-state index is 2.75. The van der Waals surface area contributed by atoms with Gasteiger partial charge >= 0.3 is 24.3 Å². The van der Waals surface area contributed by atoms with Gasteiger partial charge in [0.2, 0.25) is 0 Å². The predicted octanol–water partition coefficient (Wildman–Crippen LogP) is 0.725. The summed E-state index contributed by atoms with van der Waals surface area (Å²) in [5.41, 5.74) is 0. The highest BCUT2D eigenvalue weighted by Crippen LogP contribution is 1.75. The quantitative estimate of drug-likeness (QED) is 0.380. The van der Waals surface area contributed by atoms with Crippen LogP contribution in [0.15, 0.2) is 12.1 Å². The molecule has 1 aromatic rings. The van der Waals surface area contributed by atoms with E-state index in [1.165, 1.54) is 0 Å². The van der Waals surface area contributed by atoms with Gasteiger partial charge in [-0.2, -0.15) is 0 Å². The SMILES string of the molecule is [c+]1c[c+]c1. The molecule has 0 fully saturated rings. The summed E-state index contributed by atoms with van der Waals surface area (Å²) in [5.74, 6) is 0. The Morgan fingerprint density at radius 3 is 1.25 bits per heavy atom. The topological polar surface area (TPSA) is 0 Å². The van der Waals surface area contributed by atoms with Crippen LogP contribution in [-0.2, 0) is 0 Å². The summed E-state index contributed by atoms with van der Waals surface area (Å²) in [6, 6.07) is 9.00. The average molecular weight is 50.1 g/mol. The second kappa shape index (κ2) is 0.357. The van der Waals surface area contributed by atoms with E-state index >= 15 is 0 Å². The molecule has 4 heavy (non-hydrogen) atoms. The lowest BCUT2D eigenvalue weighted by Crippen LogP contribution is -1.51. The van der Waals surface area contributed by atoms with Crippen LogP contribution < -0.4 is 0 Å². The fourth-order valence-electron chi connectivity index (χ4n) is 0.0833. The smallest absolute Gasteiger partial charge is 0.380 e.